The largest absolute Gasteiger partial charge is 0.490 e. The molecule has 0 fully saturated rings. The average molecular weight is 415 g/mol. The normalized spacial score (nSPS) is 12.6. The fourth-order valence-electron chi connectivity index (χ4n) is 3.48. The van der Waals surface area contributed by atoms with Crippen LogP contribution < -0.4 is 9.64 Å². The lowest BCUT2D eigenvalue weighted by atomic mass is 10.1. The van der Waals surface area contributed by atoms with E-state index in [-0.39, 0.29) is 29.9 Å². The number of carbonyl (C=O) groups excluding carboxylic acids is 3. The van der Waals surface area contributed by atoms with Gasteiger partial charge in [-0.05, 0) is 61.4 Å². The van der Waals surface area contributed by atoms with Crippen molar-refractivity contribution in [1.29, 1.82) is 0 Å². The highest BCUT2D eigenvalue weighted by atomic mass is 16.6. The number of carbonyl (C=O) groups is 3. The molecular weight excluding hydrogens is 394 g/mol. The van der Waals surface area contributed by atoms with Crippen LogP contribution in [0.25, 0.3) is 0 Å². The molecule has 1 aliphatic rings. The molecule has 0 radical (unpaired) electrons. The van der Waals surface area contributed by atoms with E-state index in [0.29, 0.717) is 11.4 Å². The SMILES string of the molecule is Cc1cccc(OCCOC(=O)c2ccc3c(c2)C(=O)N(c2ccccc2C)C3=O)c1. The topological polar surface area (TPSA) is 72.9 Å². The third kappa shape index (κ3) is 4.05. The van der Waals surface area contributed by atoms with Gasteiger partial charge in [0.2, 0.25) is 0 Å². The second kappa shape index (κ2) is 8.44. The number of fused-ring (bicyclic) bond motifs is 1. The predicted octanol–water partition coefficient (Wildman–Crippen LogP) is 4.34. The Labute approximate surface area is 180 Å². The summed E-state index contributed by atoms with van der Waals surface area (Å²) in [5.41, 5.74) is 3.09. The van der Waals surface area contributed by atoms with Crippen LogP contribution in [0.15, 0.2) is 66.7 Å². The van der Waals surface area contributed by atoms with E-state index >= 15 is 0 Å². The van der Waals surface area contributed by atoms with E-state index in [1.165, 1.54) is 18.2 Å². The molecule has 0 atom stereocenters. The van der Waals surface area contributed by atoms with Crippen LogP contribution in [-0.4, -0.2) is 31.0 Å². The molecule has 0 bridgehead atoms. The number of esters is 1. The minimum Gasteiger partial charge on any atom is -0.490 e. The Hall–Kier alpha value is -3.93. The number of hydrogen-bond donors (Lipinski definition) is 0. The molecular formula is C25H21NO5. The summed E-state index contributed by atoms with van der Waals surface area (Å²) in [5.74, 6) is -0.730. The first-order valence-corrected chi connectivity index (χ1v) is 9.91. The van der Waals surface area contributed by atoms with Gasteiger partial charge in [-0.2, -0.15) is 0 Å². The number of imide groups is 1. The van der Waals surface area contributed by atoms with Gasteiger partial charge in [-0.15, -0.1) is 0 Å². The zero-order valence-corrected chi connectivity index (χ0v) is 17.3. The fraction of sp³-hybridized carbons (Fsp3) is 0.160. The molecule has 156 valence electrons. The van der Waals surface area contributed by atoms with E-state index in [0.717, 1.165) is 16.0 Å². The van der Waals surface area contributed by atoms with Gasteiger partial charge < -0.3 is 9.47 Å². The highest BCUT2D eigenvalue weighted by molar-refractivity contribution is 6.34. The van der Waals surface area contributed by atoms with Crippen molar-refractivity contribution < 1.29 is 23.9 Å². The van der Waals surface area contributed by atoms with Crippen molar-refractivity contribution in [2.45, 2.75) is 13.8 Å². The van der Waals surface area contributed by atoms with Crippen molar-refractivity contribution >= 4 is 23.5 Å². The molecule has 0 saturated heterocycles. The molecule has 6 heteroatoms. The number of benzene rings is 3. The van der Waals surface area contributed by atoms with Crippen LogP contribution in [0.1, 0.15) is 42.2 Å². The van der Waals surface area contributed by atoms with Crippen molar-refractivity contribution in [1.82, 2.24) is 0 Å². The van der Waals surface area contributed by atoms with E-state index in [1.807, 2.05) is 50.2 Å². The highest BCUT2D eigenvalue weighted by Gasteiger charge is 2.37. The quantitative estimate of drug-likeness (QED) is 0.340. The second-order valence-electron chi connectivity index (χ2n) is 7.29. The van der Waals surface area contributed by atoms with Crippen molar-refractivity contribution in [3.8, 4) is 5.75 Å². The maximum absolute atomic E-state index is 12.9. The number of aryl methyl sites for hydroxylation is 2. The lowest BCUT2D eigenvalue weighted by Gasteiger charge is -2.16. The molecule has 6 nitrogen and oxygen atoms in total. The van der Waals surface area contributed by atoms with Crippen LogP contribution in [0.4, 0.5) is 5.69 Å². The van der Waals surface area contributed by atoms with Gasteiger partial charge in [-0.1, -0.05) is 30.3 Å². The lowest BCUT2D eigenvalue weighted by Crippen LogP contribution is -2.29. The third-order valence-electron chi connectivity index (χ3n) is 5.05. The Bertz CT molecular complexity index is 1180. The summed E-state index contributed by atoms with van der Waals surface area (Å²) < 4.78 is 10.8. The highest BCUT2D eigenvalue weighted by Crippen LogP contribution is 2.31. The Morgan fingerprint density at radius 1 is 0.839 bits per heavy atom. The number of anilines is 1. The fourth-order valence-corrected chi connectivity index (χ4v) is 3.48. The van der Waals surface area contributed by atoms with E-state index in [1.54, 1.807) is 12.1 Å². The standard InChI is InChI=1S/C25H21NO5/c1-16-6-5-8-19(14-16)30-12-13-31-25(29)18-10-11-20-21(15-18)24(28)26(23(20)27)22-9-4-3-7-17(22)2/h3-11,14-15H,12-13H2,1-2H3. The van der Waals surface area contributed by atoms with Gasteiger partial charge in [-0.3, -0.25) is 9.59 Å². The molecule has 0 saturated carbocycles. The zero-order valence-electron chi connectivity index (χ0n) is 17.3. The van der Waals surface area contributed by atoms with E-state index < -0.39 is 17.8 Å². The van der Waals surface area contributed by atoms with Gasteiger partial charge in [0.05, 0.1) is 22.4 Å². The number of amides is 2. The monoisotopic (exact) mass is 415 g/mol. The van der Waals surface area contributed by atoms with E-state index in [4.69, 9.17) is 9.47 Å². The van der Waals surface area contributed by atoms with Crippen molar-refractivity contribution in [2.24, 2.45) is 0 Å². The van der Waals surface area contributed by atoms with Gasteiger partial charge in [0.25, 0.3) is 11.8 Å². The van der Waals surface area contributed by atoms with Crippen molar-refractivity contribution in [3.05, 3.63) is 94.5 Å². The molecule has 1 aliphatic heterocycles. The first-order chi connectivity index (χ1) is 15.0. The molecule has 0 spiro atoms. The van der Waals surface area contributed by atoms with Crippen LogP contribution in [-0.2, 0) is 4.74 Å². The molecule has 2 amide bonds. The summed E-state index contributed by atoms with van der Waals surface area (Å²) in [6.07, 6.45) is 0. The van der Waals surface area contributed by atoms with Gasteiger partial charge in [0.1, 0.15) is 19.0 Å². The van der Waals surface area contributed by atoms with E-state index in [2.05, 4.69) is 0 Å². The Morgan fingerprint density at radius 3 is 2.39 bits per heavy atom. The van der Waals surface area contributed by atoms with Crippen molar-refractivity contribution in [2.75, 3.05) is 18.1 Å². The summed E-state index contributed by atoms with van der Waals surface area (Å²) >= 11 is 0. The molecule has 3 aromatic carbocycles. The first kappa shape index (κ1) is 20.3. The minimum absolute atomic E-state index is 0.0616. The number of para-hydroxylation sites is 1. The van der Waals surface area contributed by atoms with Crippen LogP contribution in [0.2, 0.25) is 0 Å². The van der Waals surface area contributed by atoms with Gasteiger partial charge in [-0.25, -0.2) is 9.69 Å². The van der Waals surface area contributed by atoms with Crippen LogP contribution >= 0.6 is 0 Å². The maximum Gasteiger partial charge on any atom is 0.338 e. The molecule has 31 heavy (non-hydrogen) atoms. The average Bonchev–Trinajstić information content (AvgIpc) is 3.01. The molecule has 0 N–H and O–H groups in total. The number of nitrogens with zero attached hydrogens (tertiary/aromatic N) is 1. The smallest absolute Gasteiger partial charge is 0.338 e. The first-order valence-electron chi connectivity index (χ1n) is 9.91. The van der Waals surface area contributed by atoms with Gasteiger partial charge in [0, 0.05) is 0 Å². The van der Waals surface area contributed by atoms with Crippen LogP contribution in [0.3, 0.4) is 0 Å². The van der Waals surface area contributed by atoms with Crippen molar-refractivity contribution in [3.63, 3.8) is 0 Å². The molecule has 4 rings (SSSR count). The van der Waals surface area contributed by atoms with Crippen LogP contribution in [0, 0.1) is 13.8 Å². The van der Waals surface area contributed by atoms with Gasteiger partial charge in [0.15, 0.2) is 0 Å². The molecule has 1 heterocycles. The molecule has 0 unspecified atom stereocenters. The Kier molecular flexibility index (Phi) is 5.54. The summed E-state index contributed by atoms with van der Waals surface area (Å²) in [4.78, 5) is 39.3. The minimum atomic E-state index is -0.578. The lowest BCUT2D eigenvalue weighted by molar-refractivity contribution is 0.0450. The third-order valence-corrected chi connectivity index (χ3v) is 5.05. The number of ether oxygens (including phenoxy) is 2. The zero-order chi connectivity index (χ0) is 22.0. The summed E-state index contributed by atoms with van der Waals surface area (Å²) in [5, 5.41) is 0. The van der Waals surface area contributed by atoms with E-state index in [9.17, 15) is 14.4 Å². The molecule has 3 aromatic rings. The van der Waals surface area contributed by atoms with Crippen LogP contribution in [0.5, 0.6) is 5.75 Å². The summed E-state index contributed by atoms with van der Waals surface area (Å²) in [6.45, 7) is 4.07. The number of hydrogen-bond acceptors (Lipinski definition) is 5. The Morgan fingerprint density at radius 2 is 1.61 bits per heavy atom. The summed E-state index contributed by atoms with van der Waals surface area (Å²) in [6, 6.07) is 19.2. The summed E-state index contributed by atoms with van der Waals surface area (Å²) in [7, 11) is 0. The maximum atomic E-state index is 12.9. The van der Waals surface area contributed by atoms with Gasteiger partial charge >= 0.3 is 5.97 Å². The number of rotatable bonds is 6. The molecule has 0 aliphatic carbocycles. The molecule has 0 aromatic heterocycles. The second-order valence-corrected chi connectivity index (χ2v) is 7.29. The predicted molar refractivity (Wildman–Crippen MR) is 116 cm³/mol. The Balaban J connectivity index is 1.43.